The topological polar surface area (TPSA) is 23.8 Å². The van der Waals surface area contributed by atoms with Gasteiger partial charge in [-0.2, -0.15) is 5.26 Å². The Morgan fingerprint density at radius 3 is 2.14 bits per heavy atom. The molecule has 0 aromatic heterocycles. The Morgan fingerprint density at radius 1 is 1.14 bits per heavy atom. The maximum Gasteiger partial charge on any atom is 0.0947 e. The van der Waals surface area contributed by atoms with E-state index in [4.69, 9.17) is 5.26 Å². The molecule has 0 aliphatic rings. The molecule has 1 nitrogen and oxygen atoms in total. The molecule has 0 rings (SSSR count). The van der Waals surface area contributed by atoms with E-state index in [1.54, 1.807) is 0 Å². The minimum absolute atomic E-state index is 0.272. The quantitative estimate of drug-likeness (QED) is 0.301. The monoisotopic (exact) mass is 295 g/mol. The van der Waals surface area contributed by atoms with Gasteiger partial charge >= 0.3 is 0 Å². The molecule has 0 saturated carbocycles. The predicted octanol–water partition coefficient (Wildman–Crippen LogP) is 6.44. The van der Waals surface area contributed by atoms with E-state index in [2.05, 4.69) is 45.7 Å². The first-order valence-electron chi connectivity index (χ1n) is 7.79. The number of nitriles is 1. The lowest BCUT2D eigenvalue weighted by atomic mass is 9.89. The van der Waals surface area contributed by atoms with Crippen molar-refractivity contribution in [1.29, 1.82) is 5.26 Å². The molecule has 1 heteroatoms. The highest BCUT2D eigenvalue weighted by atomic mass is 14.3. The zero-order chi connectivity index (χ0) is 17.3. The van der Waals surface area contributed by atoms with Gasteiger partial charge in [-0.1, -0.05) is 38.2 Å². The van der Waals surface area contributed by atoms with Gasteiger partial charge in [-0.25, -0.2) is 0 Å². The van der Waals surface area contributed by atoms with Crippen LogP contribution in [0.4, 0.5) is 0 Å². The van der Waals surface area contributed by atoms with E-state index in [0.717, 1.165) is 35.1 Å². The van der Waals surface area contributed by atoms with Crippen molar-refractivity contribution in [3.63, 3.8) is 0 Å². The number of hydrogen-bond acceptors (Lipinski definition) is 1. The van der Waals surface area contributed by atoms with Gasteiger partial charge in [-0.3, -0.25) is 0 Å². The highest BCUT2D eigenvalue weighted by Gasteiger charge is 2.11. The smallest absolute Gasteiger partial charge is 0.0947 e. The fourth-order valence-electron chi connectivity index (χ4n) is 2.72. The van der Waals surface area contributed by atoms with E-state index in [-0.39, 0.29) is 5.92 Å². The van der Waals surface area contributed by atoms with Crippen molar-refractivity contribution in [2.45, 2.75) is 54.4 Å². The van der Waals surface area contributed by atoms with Gasteiger partial charge in [0, 0.05) is 5.57 Å². The molecule has 0 aliphatic heterocycles. The van der Waals surface area contributed by atoms with E-state index in [1.807, 2.05) is 32.9 Å². The standard InChI is InChI=1S/C21H29N/c1-9-20(15(2)3)17(6)12-10-11-13-18(7)21(16(4)5)19(8)14-22/h11-12,18H,2,4,9,13H2,1,3,5-8H3/b20-17-,21-19-. The van der Waals surface area contributed by atoms with Gasteiger partial charge in [0.25, 0.3) is 0 Å². The van der Waals surface area contributed by atoms with Crippen LogP contribution >= 0.6 is 0 Å². The van der Waals surface area contributed by atoms with Crippen LogP contribution < -0.4 is 0 Å². The molecule has 0 amide bonds. The molecular formula is C21H29N. The molecule has 0 aliphatic carbocycles. The van der Waals surface area contributed by atoms with Crippen LogP contribution in [0.1, 0.15) is 54.4 Å². The van der Waals surface area contributed by atoms with Gasteiger partial charge in [-0.15, -0.1) is 5.73 Å². The summed E-state index contributed by atoms with van der Waals surface area (Å²) in [6, 6.07) is 2.23. The van der Waals surface area contributed by atoms with E-state index >= 15 is 0 Å². The number of rotatable bonds is 7. The minimum atomic E-state index is 0.272. The molecule has 0 N–H and O–H groups in total. The SMILES string of the molecule is C=C(C)/C(CC)=C(/C)C=C=CCC(C)/C(C(=C)C)=C(/C)C#N. The van der Waals surface area contributed by atoms with E-state index < -0.39 is 0 Å². The van der Waals surface area contributed by atoms with Gasteiger partial charge in [0.1, 0.15) is 0 Å². The maximum atomic E-state index is 9.09. The van der Waals surface area contributed by atoms with Gasteiger partial charge in [-0.05, 0) is 75.3 Å². The summed E-state index contributed by atoms with van der Waals surface area (Å²) in [6.45, 7) is 20.2. The summed E-state index contributed by atoms with van der Waals surface area (Å²) in [5.41, 5.74) is 9.65. The molecule has 118 valence electrons. The zero-order valence-electron chi connectivity index (χ0n) is 15.0. The fraction of sp³-hybridized carbons (Fsp3) is 0.429. The normalized spacial score (nSPS) is 13.9. The molecule has 0 bridgehead atoms. The Labute approximate surface area is 136 Å². The lowest BCUT2D eigenvalue weighted by Crippen LogP contribution is -2.01. The summed E-state index contributed by atoms with van der Waals surface area (Å²) < 4.78 is 0. The van der Waals surface area contributed by atoms with Crippen LogP contribution in [0.25, 0.3) is 0 Å². The third-order valence-corrected chi connectivity index (χ3v) is 3.76. The largest absolute Gasteiger partial charge is 0.193 e. The van der Waals surface area contributed by atoms with Crippen molar-refractivity contribution in [1.82, 2.24) is 0 Å². The molecule has 0 radical (unpaired) electrons. The number of nitrogens with zero attached hydrogens (tertiary/aromatic N) is 1. The Balaban J connectivity index is 5.17. The van der Waals surface area contributed by atoms with Gasteiger partial charge in [0.2, 0.25) is 0 Å². The van der Waals surface area contributed by atoms with Crippen LogP contribution in [0.3, 0.4) is 0 Å². The summed E-state index contributed by atoms with van der Waals surface area (Å²) >= 11 is 0. The average molecular weight is 295 g/mol. The average Bonchev–Trinajstić information content (AvgIpc) is 2.43. The first-order chi connectivity index (χ1) is 10.3. The summed E-state index contributed by atoms with van der Waals surface area (Å²) in [6.07, 6.45) is 5.88. The second-order valence-electron chi connectivity index (χ2n) is 5.88. The Hall–Kier alpha value is -2.03. The zero-order valence-corrected chi connectivity index (χ0v) is 15.0. The van der Waals surface area contributed by atoms with Crippen LogP contribution in [0.5, 0.6) is 0 Å². The highest BCUT2D eigenvalue weighted by molar-refractivity contribution is 5.40. The third-order valence-electron chi connectivity index (χ3n) is 3.76. The van der Waals surface area contributed by atoms with Gasteiger partial charge in [0.05, 0.1) is 6.07 Å². The first-order valence-corrected chi connectivity index (χ1v) is 7.79. The molecule has 0 saturated heterocycles. The predicted molar refractivity (Wildman–Crippen MR) is 97.4 cm³/mol. The molecule has 0 aromatic rings. The summed E-state index contributed by atoms with van der Waals surface area (Å²) in [5.74, 6) is 0.272. The molecule has 0 aromatic carbocycles. The molecule has 1 unspecified atom stereocenters. The second-order valence-corrected chi connectivity index (χ2v) is 5.88. The first kappa shape index (κ1) is 20.0. The Morgan fingerprint density at radius 2 is 1.73 bits per heavy atom. The van der Waals surface area contributed by atoms with Crippen LogP contribution in [0.2, 0.25) is 0 Å². The van der Waals surface area contributed by atoms with E-state index in [1.165, 1.54) is 11.1 Å². The molecule has 0 heterocycles. The minimum Gasteiger partial charge on any atom is -0.193 e. The van der Waals surface area contributed by atoms with Crippen molar-refractivity contribution in [3.8, 4) is 6.07 Å². The summed E-state index contributed by atoms with van der Waals surface area (Å²) in [4.78, 5) is 0. The fourth-order valence-corrected chi connectivity index (χ4v) is 2.72. The maximum absolute atomic E-state index is 9.09. The van der Waals surface area contributed by atoms with Crippen molar-refractivity contribution in [2.24, 2.45) is 5.92 Å². The van der Waals surface area contributed by atoms with Crippen molar-refractivity contribution in [3.05, 3.63) is 64.5 Å². The van der Waals surface area contributed by atoms with E-state index in [0.29, 0.717) is 0 Å². The van der Waals surface area contributed by atoms with Crippen LogP contribution in [0.15, 0.2) is 64.5 Å². The second kappa shape index (κ2) is 9.82. The highest BCUT2D eigenvalue weighted by Crippen LogP contribution is 2.25. The lowest BCUT2D eigenvalue weighted by Gasteiger charge is -2.15. The molecule has 0 spiro atoms. The van der Waals surface area contributed by atoms with Gasteiger partial charge < -0.3 is 0 Å². The summed E-state index contributed by atoms with van der Waals surface area (Å²) in [7, 11) is 0. The van der Waals surface area contributed by atoms with Crippen LogP contribution in [0, 0.1) is 17.2 Å². The number of hydrogen-bond donors (Lipinski definition) is 0. The molecule has 22 heavy (non-hydrogen) atoms. The Kier molecular flexibility index (Phi) is 8.92. The molecule has 1 atom stereocenters. The Bertz CT molecular complexity index is 596. The van der Waals surface area contributed by atoms with Crippen molar-refractivity contribution >= 4 is 0 Å². The van der Waals surface area contributed by atoms with Crippen LogP contribution in [-0.2, 0) is 0 Å². The van der Waals surface area contributed by atoms with Crippen molar-refractivity contribution < 1.29 is 0 Å². The van der Waals surface area contributed by atoms with Gasteiger partial charge in [0.15, 0.2) is 0 Å². The van der Waals surface area contributed by atoms with E-state index in [9.17, 15) is 0 Å². The summed E-state index contributed by atoms with van der Waals surface area (Å²) in [5, 5.41) is 9.09. The van der Waals surface area contributed by atoms with Crippen molar-refractivity contribution in [2.75, 3.05) is 0 Å². The van der Waals surface area contributed by atoms with Crippen LogP contribution in [-0.4, -0.2) is 0 Å². The lowest BCUT2D eigenvalue weighted by molar-refractivity contribution is 0.697. The molecular weight excluding hydrogens is 266 g/mol. The number of allylic oxidation sites excluding steroid dienone is 7. The third kappa shape index (κ3) is 6.17. The molecule has 0 fully saturated rings.